The maximum absolute atomic E-state index is 12.4. The molecule has 0 spiro atoms. The largest absolute Gasteiger partial charge is 0.496 e. The number of hydrogen-bond donors (Lipinski definition) is 2. The number of nitrogens with one attached hydrogen (secondary N) is 2. The Morgan fingerprint density at radius 1 is 1.36 bits per heavy atom. The van der Waals surface area contributed by atoms with E-state index in [2.05, 4.69) is 9.97 Å². The topological polar surface area (TPSA) is 78.2 Å². The number of carbonyl (C=O) groups excluding carboxylic acids is 1. The Bertz CT molecular complexity index is 891. The first-order valence-electron chi connectivity index (χ1n) is 7.70. The number of rotatable bonds is 6. The van der Waals surface area contributed by atoms with E-state index in [4.69, 9.17) is 28.6 Å². The lowest BCUT2D eigenvalue weighted by Gasteiger charge is -2.19. The molecular weight excluding hydrogens is 362 g/mol. The third kappa shape index (κ3) is 4.93. The second-order valence-electron chi connectivity index (χ2n) is 5.72. The molecule has 2 rings (SSSR count). The summed E-state index contributed by atoms with van der Waals surface area (Å²) in [4.78, 5) is 31.4. The Balaban J connectivity index is 2.05. The van der Waals surface area contributed by atoms with Gasteiger partial charge in [-0.3, -0.25) is 14.6 Å². The van der Waals surface area contributed by atoms with Crippen molar-refractivity contribution in [2.75, 3.05) is 14.2 Å². The molecule has 0 bridgehead atoms. The number of aryl methyl sites for hydroxylation is 1. The van der Waals surface area contributed by atoms with Crippen molar-refractivity contribution in [3.05, 3.63) is 55.2 Å². The highest BCUT2D eigenvalue weighted by Crippen LogP contribution is 2.24. The molecule has 1 amide bonds. The maximum atomic E-state index is 12.4. The Labute approximate surface area is 155 Å². The minimum Gasteiger partial charge on any atom is -0.496 e. The van der Waals surface area contributed by atoms with Gasteiger partial charge in [-0.2, -0.15) is 0 Å². The molecular formula is C17H20ClN3O3S. The van der Waals surface area contributed by atoms with Gasteiger partial charge in [-0.05, 0) is 43.8 Å². The van der Waals surface area contributed by atoms with Gasteiger partial charge in [0.25, 0.3) is 5.56 Å². The molecule has 2 aromatic rings. The third-order valence-electron chi connectivity index (χ3n) is 3.92. The van der Waals surface area contributed by atoms with Gasteiger partial charge in [0.2, 0.25) is 5.91 Å². The summed E-state index contributed by atoms with van der Waals surface area (Å²) in [5.41, 5.74) is 1.79. The van der Waals surface area contributed by atoms with Crippen LogP contribution in [0.25, 0.3) is 0 Å². The van der Waals surface area contributed by atoms with Crippen molar-refractivity contribution >= 4 is 29.7 Å². The molecule has 0 unspecified atom stereocenters. The molecule has 0 atom stereocenters. The highest BCUT2D eigenvalue weighted by atomic mass is 35.5. The monoisotopic (exact) mass is 381 g/mol. The fourth-order valence-electron chi connectivity index (χ4n) is 2.56. The van der Waals surface area contributed by atoms with Crippen LogP contribution in [0.1, 0.15) is 23.2 Å². The summed E-state index contributed by atoms with van der Waals surface area (Å²) in [5, 5.41) is 0.582. The molecule has 134 valence electrons. The molecule has 0 fully saturated rings. The SMILES string of the molecule is COc1ccc(Cl)cc1CN(C)C(=O)CCc1c(C)[nH]c(=S)[nH]c1=O. The van der Waals surface area contributed by atoms with Crippen LogP contribution < -0.4 is 10.3 Å². The number of halogens is 1. The van der Waals surface area contributed by atoms with E-state index in [1.54, 1.807) is 44.2 Å². The first-order chi connectivity index (χ1) is 11.8. The fraction of sp³-hybridized carbons (Fsp3) is 0.353. The van der Waals surface area contributed by atoms with Crippen LogP contribution in [0.2, 0.25) is 5.02 Å². The van der Waals surface area contributed by atoms with E-state index in [-0.39, 0.29) is 22.7 Å². The first kappa shape index (κ1) is 19.2. The quantitative estimate of drug-likeness (QED) is 0.754. The lowest BCUT2D eigenvalue weighted by atomic mass is 10.1. The molecule has 0 aliphatic rings. The Morgan fingerprint density at radius 2 is 2.08 bits per heavy atom. The average molecular weight is 382 g/mol. The number of nitrogens with zero attached hydrogens (tertiary/aromatic N) is 1. The summed E-state index contributed by atoms with van der Waals surface area (Å²) in [5.74, 6) is 0.593. The van der Waals surface area contributed by atoms with E-state index in [0.717, 1.165) is 5.56 Å². The van der Waals surface area contributed by atoms with Crippen LogP contribution in [-0.2, 0) is 17.8 Å². The van der Waals surface area contributed by atoms with Crippen molar-refractivity contribution in [3.63, 3.8) is 0 Å². The van der Waals surface area contributed by atoms with Crippen LogP contribution in [0.15, 0.2) is 23.0 Å². The molecule has 8 heteroatoms. The first-order valence-corrected chi connectivity index (χ1v) is 8.49. The Hall–Kier alpha value is -2.12. The number of methoxy groups -OCH3 is 1. The van der Waals surface area contributed by atoms with Gasteiger partial charge in [0.1, 0.15) is 5.75 Å². The van der Waals surface area contributed by atoms with Gasteiger partial charge in [0.15, 0.2) is 4.77 Å². The number of ether oxygens (including phenoxy) is 1. The standard InChI is InChI=1S/C17H20ClN3O3S/c1-10-13(16(23)20-17(25)19-10)5-7-15(22)21(2)9-11-8-12(18)4-6-14(11)24-3/h4,6,8H,5,7,9H2,1-3H3,(H2,19,20,23,25). The minimum atomic E-state index is -0.256. The molecule has 1 heterocycles. The number of hydrogen-bond acceptors (Lipinski definition) is 4. The molecule has 25 heavy (non-hydrogen) atoms. The van der Waals surface area contributed by atoms with Crippen molar-refractivity contribution in [2.45, 2.75) is 26.3 Å². The second-order valence-corrected chi connectivity index (χ2v) is 6.56. The summed E-state index contributed by atoms with van der Waals surface area (Å²) in [6, 6.07) is 5.28. The van der Waals surface area contributed by atoms with E-state index in [9.17, 15) is 9.59 Å². The highest BCUT2D eigenvalue weighted by Gasteiger charge is 2.14. The van der Waals surface area contributed by atoms with E-state index in [1.807, 2.05) is 0 Å². The van der Waals surface area contributed by atoms with Crippen molar-refractivity contribution in [1.29, 1.82) is 0 Å². The van der Waals surface area contributed by atoms with Crippen molar-refractivity contribution in [1.82, 2.24) is 14.9 Å². The summed E-state index contributed by atoms with van der Waals surface area (Å²) in [6.45, 7) is 2.14. The second kappa shape index (κ2) is 8.31. The van der Waals surface area contributed by atoms with Crippen LogP contribution in [0.4, 0.5) is 0 Å². The third-order valence-corrected chi connectivity index (χ3v) is 4.36. The Kier molecular flexibility index (Phi) is 6.39. The van der Waals surface area contributed by atoms with Gasteiger partial charge < -0.3 is 14.6 Å². The fourth-order valence-corrected chi connectivity index (χ4v) is 3.00. The van der Waals surface area contributed by atoms with Gasteiger partial charge in [0, 0.05) is 41.9 Å². The van der Waals surface area contributed by atoms with E-state index >= 15 is 0 Å². The van der Waals surface area contributed by atoms with Gasteiger partial charge >= 0.3 is 0 Å². The van der Waals surface area contributed by atoms with E-state index < -0.39 is 0 Å². The van der Waals surface area contributed by atoms with Gasteiger partial charge in [-0.25, -0.2) is 0 Å². The summed E-state index contributed by atoms with van der Waals surface area (Å²) >= 11 is 10.9. The average Bonchev–Trinajstić information content (AvgIpc) is 2.53. The normalized spacial score (nSPS) is 10.6. The summed E-state index contributed by atoms with van der Waals surface area (Å²) in [6.07, 6.45) is 0.553. The van der Waals surface area contributed by atoms with Gasteiger partial charge in [0.05, 0.1) is 7.11 Å². The molecule has 0 radical (unpaired) electrons. The van der Waals surface area contributed by atoms with Gasteiger partial charge in [-0.1, -0.05) is 11.6 Å². The smallest absolute Gasteiger partial charge is 0.255 e. The van der Waals surface area contributed by atoms with Crippen molar-refractivity contribution < 1.29 is 9.53 Å². The van der Waals surface area contributed by atoms with Crippen molar-refractivity contribution in [3.8, 4) is 5.75 Å². The van der Waals surface area contributed by atoms with Gasteiger partial charge in [-0.15, -0.1) is 0 Å². The number of amides is 1. The highest BCUT2D eigenvalue weighted by molar-refractivity contribution is 7.71. The van der Waals surface area contributed by atoms with Crippen LogP contribution in [0, 0.1) is 11.7 Å². The number of carbonyl (C=O) groups is 1. The lowest BCUT2D eigenvalue weighted by molar-refractivity contribution is -0.130. The zero-order valence-corrected chi connectivity index (χ0v) is 15.9. The summed E-state index contributed by atoms with van der Waals surface area (Å²) in [7, 11) is 3.28. The van der Waals surface area contributed by atoms with E-state index in [0.29, 0.717) is 35.0 Å². The molecule has 1 aromatic carbocycles. The summed E-state index contributed by atoms with van der Waals surface area (Å²) < 4.78 is 5.58. The number of benzene rings is 1. The van der Waals surface area contributed by atoms with Crippen LogP contribution in [0.5, 0.6) is 5.75 Å². The maximum Gasteiger partial charge on any atom is 0.255 e. The minimum absolute atomic E-state index is 0.0803. The number of H-pyrrole nitrogens is 2. The number of aromatic nitrogens is 2. The van der Waals surface area contributed by atoms with Crippen LogP contribution in [0.3, 0.4) is 0 Å². The molecule has 1 aromatic heterocycles. The Morgan fingerprint density at radius 3 is 2.72 bits per heavy atom. The zero-order chi connectivity index (χ0) is 18.6. The van der Waals surface area contributed by atoms with Crippen LogP contribution >= 0.6 is 23.8 Å². The predicted octanol–water partition coefficient (Wildman–Crippen LogP) is 2.99. The van der Waals surface area contributed by atoms with E-state index in [1.165, 1.54) is 0 Å². The molecule has 0 aliphatic heterocycles. The molecule has 0 saturated carbocycles. The van der Waals surface area contributed by atoms with Crippen molar-refractivity contribution in [2.24, 2.45) is 0 Å². The lowest BCUT2D eigenvalue weighted by Crippen LogP contribution is -2.27. The number of aromatic amines is 2. The predicted molar refractivity (Wildman–Crippen MR) is 99.8 cm³/mol. The zero-order valence-electron chi connectivity index (χ0n) is 14.3. The molecule has 2 N–H and O–H groups in total. The van der Waals surface area contributed by atoms with Crippen LogP contribution in [-0.4, -0.2) is 34.9 Å². The molecule has 6 nitrogen and oxygen atoms in total. The molecule has 0 saturated heterocycles. The molecule has 0 aliphatic carbocycles.